The lowest BCUT2D eigenvalue weighted by Crippen LogP contribution is -2.41. The summed E-state index contributed by atoms with van der Waals surface area (Å²) in [5, 5.41) is 13.8. The van der Waals surface area contributed by atoms with E-state index in [0.717, 1.165) is 0 Å². The maximum atomic E-state index is 2.44. The van der Waals surface area contributed by atoms with Crippen molar-refractivity contribution in [2.24, 2.45) is 14.1 Å². The molecule has 0 aliphatic heterocycles. The van der Waals surface area contributed by atoms with E-state index in [1.807, 2.05) is 0 Å². The van der Waals surface area contributed by atoms with Crippen molar-refractivity contribution < 1.29 is 0 Å². The highest BCUT2D eigenvalue weighted by molar-refractivity contribution is 6.88. The van der Waals surface area contributed by atoms with Crippen LogP contribution in [-0.4, -0.2) is 25.3 Å². The predicted octanol–water partition coefficient (Wildman–Crippen LogP) is 7.22. The molecule has 0 saturated heterocycles. The zero-order chi connectivity index (χ0) is 24.2. The van der Waals surface area contributed by atoms with E-state index in [4.69, 9.17) is 0 Å². The van der Waals surface area contributed by atoms with Crippen LogP contribution in [0.3, 0.4) is 0 Å². The van der Waals surface area contributed by atoms with Gasteiger partial charge in [0, 0.05) is 46.5 Å². The van der Waals surface area contributed by atoms with Crippen molar-refractivity contribution in [1.29, 1.82) is 0 Å². The number of hydrogen-bond acceptors (Lipinski definition) is 0. The van der Waals surface area contributed by atoms with Crippen LogP contribution in [0.25, 0.3) is 54.1 Å². The van der Waals surface area contributed by atoms with E-state index in [0.29, 0.717) is 0 Å². The minimum absolute atomic E-state index is 1.33. The molecule has 0 aliphatic rings. The minimum atomic E-state index is -1.41. The van der Waals surface area contributed by atoms with Gasteiger partial charge in [0.15, 0.2) is 0 Å². The Morgan fingerprint density at radius 3 is 1.18 bits per heavy atom. The molecule has 2 heterocycles. The molecule has 0 atom stereocenters. The Hall–Kier alpha value is -2.83. The molecule has 4 aromatic carbocycles. The first-order valence-electron chi connectivity index (χ1n) is 12.3. The molecule has 0 radical (unpaired) electrons. The van der Waals surface area contributed by atoms with Gasteiger partial charge in [-0.1, -0.05) is 63.5 Å². The van der Waals surface area contributed by atoms with Crippen molar-refractivity contribution in [1.82, 2.24) is 9.13 Å². The fourth-order valence-corrected chi connectivity index (χ4v) is 9.41. The zero-order valence-corrected chi connectivity index (χ0v) is 23.7. The first-order chi connectivity index (χ1) is 15.9. The molecule has 0 unspecified atom stereocenters. The number of fused-ring (bicyclic) bond motifs is 7. The number of hydrogen-bond donors (Lipinski definition) is 0. The third kappa shape index (κ3) is 3.05. The van der Waals surface area contributed by atoms with Crippen molar-refractivity contribution in [2.45, 2.75) is 39.3 Å². The van der Waals surface area contributed by atoms with Gasteiger partial charge >= 0.3 is 0 Å². The quantitative estimate of drug-likeness (QED) is 0.184. The largest absolute Gasteiger partial charge is 0.352 e. The van der Waals surface area contributed by atoms with Gasteiger partial charge in [-0.2, -0.15) is 0 Å². The summed E-state index contributed by atoms with van der Waals surface area (Å²) in [6.45, 7) is 14.6. The van der Waals surface area contributed by atoms with Crippen LogP contribution in [0.2, 0.25) is 39.3 Å². The molecule has 6 aromatic rings. The van der Waals surface area contributed by atoms with Crippen LogP contribution >= 0.6 is 0 Å². The third-order valence-electron chi connectivity index (χ3n) is 7.69. The van der Waals surface area contributed by atoms with Gasteiger partial charge in [-0.3, -0.25) is 0 Å². The summed E-state index contributed by atoms with van der Waals surface area (Å²) >= 11 is 0. The number of rotatable bonds is 2. The normalized spacial score (nSPS) is 13.3. The average Bonchev–Trinajstić information content (AvgIpc) is 3.27. The molecule has 34 heavy (non-hydrogen) atoms. The number of aryl methyl sites for hydroxylation is 2. The van der Waals surface area contributed by atoms with Crippen LogP contribution in [0.1, 0.15) is 0 Å². The van der Waals surface area contributed by atoms with E-state index < -0.39 is 16.1 Å². The van der Waals surface area contributed by atoms with E-state index in [9.17, 15) is 0 Å². The molecule has 0 aliphatic carbocycles. The highest BCUT2D eigenvalue weighted by Gasteiger charge is 2.23. The van der Waals surface area contributed by atoms with Gasteiger partial charge in [-0.25, -0.2) is 0 Å². The molecule has 6 rings (SSSR count). The smallest absolute Gasteiger partial charge is 0.0984 e. The summed E-state index contributed by atoms with van der Waals surface area (Å²) in [6, 6.07) is 23.8. The SMILES string of the molecule is Cn1c([Si](C)(C)C)cc2cc3ccc4c5cc6c(cc([Si](C)(C)C)n6C)cc5ccc4c3cc21. The third-order valence-corrected chi connectivity index (χ3v) is 11.7. The van der Waals surface area contributed by atoms with E-state index in [-0.39, 0.29) is 0 Å². The second kappa shape index (κ2) is 6.86. The van der Waals surface area contributed by atoms with Crippen LogP contribution in [0, 0.1) is 0 Å². The fourth-order valence-electron chi connectivity index (χ4n) is 5.98. The molecule has 0 N–H and O–H groups in total. The van der Waals surface area contributed by atoms with Gasteiger partial charge in [-0.05, 0) is 68.7 Å². The Morgan fingerprint density at radius 1 is 0.441 bits per heavy atom. The van der Waals surface area contributed by atoms with Crippen molar-refractivity contribution >= 4 is 80.9 Å². The molecule has 2 nitrogen and oxygen atoms in total. The standard InChI is InChI=1S/C30H34N2Si2/c1-31-27-17-25-19(13-21(27)15-29(31)33(3,4)5)9-12-24-23(25)11-10-20-14-22-16-30(34(6,7)8)32(2)28(22)18-26(20)24/h9-18H,1-8H3. The van der Waals surface area contributed by atoms with Gasteiger partial charge in [-0.15, -0.1) is 0 Å². The lowest BCUT2D eigenvalue weighted by molar-refractivity contribution is 0.996. The Bertz CT molecular complexity index is 1650. The number of benzene rings is 4. The molecular formula is C30H34N2Si2. The minimum Gasteiger partial charge on any atom is -0.352 e. The maximum absolute atomic E-state index is 2.44. The van der Waals surface area contributed by atoms with Gasteiger partial charge in [0.05, 0.1) is 16.1 Å². The molecule has 0 fully saturated rings. The molecule has 0 spiro atoms. The molecule has 0 amide bonds. The summed E-state index contributed by atoms with van der Waals surface area (Å²) in [5.41, 5.74) is 2.69. The van der Waals surface area contributed by atoms with Gasteiger partial charge in [0.2, 0.25) is 0 Å². The van der Waals surface area contributed by atoms with Crippen molar-refractivity contribution in [3.05, 3.63) is 60.7 Å². The summed E-state index contributed by atoms with van der Waals surface area (Å²) in [6.07, 6.45) is 0. The summed E-state index contributed by atoms with van der Waals surface area (Å²) in [4.78, 5) is 0. The highest BCUT2D eigenvalue weighted by Crippen LogP contribution is 2.35. The van der Waals surface area contributed by atoms with Gasteiger partial charge in [0.1, 0.15) is 0 Å². The van der Waals surface area contributed by atoms with E-state index >= 15 is 0 Å². The molecule has 2 aromatic heterocycles. The van der Waals surface area contributed by atoms with Crippen molar-refractivity contribution in [3.8, 4) is 0 Å². The maximum Gasteiger partial charge on any atom is 0.0984 e. The van der Waals surface area contributed by atoms with Crippen LogP contribution in [0.15, 0.2) is 60.7 Å². The lowest BCUT2D eigenvalue weighted by Gasteiger charge is -2.17. The van der Waals surface area contributed by atoms with Crippen LogP contribution < -0.4 is 10.6 Å². The zero-order valence-electron chi connectivity index (χ0n) is 21.7. The van der Waals surface area contributed by atoms with Crippen molar-refractivity contribution in [3.63, 3.8) is 0 Å². The lowest BCUT2D eigenvalue weighted by atomic mass is 9.96. The predicted molar refractivity (Wildman–Crippen MR) is 158 cm³/mol. The molecule has 172 valence electrons. The Kier molecular flexibility index (Phi) is 4.38. The molecule has 0 saturated carbocycles. The van der Waals surface area contributed by atoms with Crippen LogP contribution in [-0.2, 0) is 14.1 Å². The summed E-state index contributed by atoms with van der Waals surface area (Å²) in [5.74, 6) is 0. The second-order valence-electron chi connectivity index (χ2n) is 12.2. The Morgan fingerprint density at radius 2 is 0.824 bits per heavy atom. The Balaban J connectivity index is 1.68. The fraction of sp³-hybridized carbons (Fsp3) is 0.267. The van der Waals surface area contributed by atoms with E-state index in [1.165, 1.54) is 64.8 Å². The van der Waals surface area contributed by atoms with Gasteiger partial charge in [0.25, 0.3) is 0 Å². The molecule has 0 bridgehead atoms. The monoisotopic (exact) mass is 478 g/mol. The second-order valence-corrected chi connectivity index (χ2v) is 22.2. The average molecular weight is 479 g/mol. The number of nitrogens with zero attached hydrogens (tertiary/aromatic N) is 2. The summed E-state index contributed by atoms with van der Waals surface area (Å²) in [7, 11) is 1.67. The van der Waals surface area contributed by atoms with E-state index in [2.05, 4.69) is 123 Å². The highest BCUT2D eigenvalue weighted by atomic mass is 28.3. The first kappa shape index (κ1) is 21.7. The molecular weight excluding hydrogens is 445 g/mol. The topological polar surface area (TPSA) is 9.86 Å². The van der Waals surface area contributed by atoms with Crippen molar-refractivity contribution in [2.75, 3.05) is 0 Å². The van der Waals surface area contributed by atoms with Crippen LogP contribution in [0.4, 0.5) is 0 Å². The summed E-state index contributed by atoms with van der Waals surface area (Å²) < 4.78 is 4.87. The van der Waals surface area contributed by atoms with E-state index in [1.54, 1.807) is 0 Å². The number of aromatic nitrogens is 2. The Labute approximate surface area is 203 Å². The first-order valence-corrected chi connectivity index (χ1v) is 19.3. The van der Waals surface area contributed by atoms with Crippen LogP contribution in [0.5, 0.6) is 0 Å². The molecule has 4 heteroatoms. The van der Waals surface area contributed by atoms with Gasteiger partial charge < -0.3 is 9.13 Å².